The Morgan fingerprint density at radius 1 is 0.274 bits per heavy atom. The van der Waals surface area contributed by atoms with Gasteiger partial charge in [0.1, 0.15) is 22.3 Å². The van der Waals surface area contributed by atoms with Crippen LogP contribution in [0.25, 0.3) is 172 Å². The normalized spacial score (nSPS) is 12.9. The highest BCUT2D eigenvalue weighted by Gasteiger charge is 2.28. The molecule has 0 radical (unpaired) electrons. The van der Waals surface area contributed by atoms with Crippen LogP contribution in [-0.4, -0.2) is 19.5 Å². The maximum atomic E-state index is 6.76. The summed E-state index contributed by atoms with van der Waals surface area (Å²) in [4.78, 5) is 16.4. The molecule has 19 rings (SSSR count). The van der Waals surface area contributed by atoms with Crippen molar-refractivity contribution >= 4 is 65.7 Å². The molecule has 0 fully saturated rings. The van der Waals surface area contributed by atoms with Gasteiger partial charge in [0.25, 0.3) is 0 Å². The molecule has 95 heavy (non-hydrogen) atoms. The highest BCUT2D eigenvalue weighted by Crippen LogP contribution is 2.47. The summed E-state index contributed by atoms with van der Waals surface area (Å²) in [5.41, 5.74) is 27.1. The number of fused-ring (bicyclic) bond motifs is 12. The maximum Gasteiger partial charge on any atom is 0.164 e. The van der Waals surface area contributed by atoms with E-state index >= 15 is 0 Å². The topological polar surface area (TPSA) is 69.9 Å². The molecule has 0 saturated carbocycles. The fraction of sp³-hybridized carbons (Fsp3) is 0.0225. The number of para-hydroxylation sites is 1. The summed E-state index contributed by atoms with van der Waals surface area (Å²) in [5.74, 6) is 1.86. The SMILES string of the molecule is c1ccc(-c2ccc(-c3nc(-c4cccc5oc6ccc(-c7ccc8c(c7)-c7ccccc7C(c7cccc(-c9ccccc9)c7)C8)cc6c45)nc(-c4cccc5oc6ccc(-c7ccc8c(c7)c7ccccc7n8-c7cccc(-c8ccccc8)c7)cc6c45)n3)cc2)cc1. The average molecular weight is 1210 g/mol. The summed E-state index contributed by atoms with van der Waals surface area (Å²) in [5, 5.41) is 6.20. The molecule has 14 aromatic carbocycles. The van der Waals surface area contributed by atoms with Crippen molar-refractivity contribution in [2.45, 2.75) is 12.3 Å². The van der Waals surface area contributed by atoms with E-state index < -0.39 is 0 Å². The van der Waals surface area contributed by atoms with Crippen LogP contribution < -0.4 is 0 Å². The third kappa shape index (κ3) is 9.29. The second kappa shape index (κ2) is 22.1. The number of rotatable bonds is 10. The van der Waals surface area contributed by atoms with Crippen molar-refractivity contribution in [2.24, 2.45) is 0 Å². The van der Waals surface area contributed by atoms with Gasteiger partial charge in [-0.15, -0.1) is 0 Å². The second-order valence-electron chi connectivity index (χ2n) is 24.9. The van der Waals surface area contributed by atoms with Gasteiger partial charge in [-0.25, -0.2) is 15.0 Å². The first kappa shape index (κ1) is 54.2. The first-order chi connectivity index (χ1) is 47.0. The molecule has 444 valence electrons. The quantitative estimate of drug-likeness (QED) is 0.136. The van der Waals surface area contributed by atoms with E-state index in [1.54, 1.807) is 0 Å². The lowest BCUT2D eigenvalue weighted by Gasteiger charge is -2.29. The minimum absolute atomic E-state index is 0.231. The molecule has 0 spiro atoms. The van der Waals surface area contributed by atoms with Crippen LogP contribution >= 0.6 is 0 Å². The largest absolute Gasteiger partial charge is 0.456 e. The van der Waals surface area contributed by atoms with Gasteiger partial charge in [0.2, 0.25) is 0 Å². The average Bonchev–Trinajstić information content (AvgIpc) is 1.53. The van der Waals surface area contributed by atoms with Gasteiger partial charge >= 0.3 is 0 Å². The van der Waals surface area contributed by atoms with Crippen LogP contribution in [0.4, 0.5) is 0 Å². The molecular weight excluding hydrogens is 1160 g/mol. The van der Waals surface area contributed by atoms with E-state index in [0.717, 1.165) is 117 Å². The molecule has 1 unspecified atom stereocenters. The van der Waals surface area contributed by atoms with E-state index in [2.05, 4.69) is 296 Å². The van der Waals surface area contributed by atoms with Crippen LogP contribution in [0.2, 0.25) is 0 Å². The van der Waals surface area contributed by atoms with E-state index in [0.29, 0.717) is 17.5 Å². The van der Waals surface area contributed by atoms with E-state index in [1.807, 2.05) is 30.3 Å². The summed E-state index contributed by atoms with van der Waals surface area (Å²) < 4.78 is 15.9. The Kier molecular flexibility index (Phi) is 12.6. The molecule has 6 nitrogen and oxygen atoms in total. The lowest BCUT2D eigenvalue weighted by molar-refractivity contribution is 0.668. The molecule has 0 bridgehead atoms. The molecule has 4 aromatic heterocycles. The summed E-state index contributed by atoms with van der Waals surface area (Å²) in [6.07, 6.45) is 0.913. The van der Waals surface area contributed by atoms with Gasteiger partial charge in [0, 0.05) is 60.6 Å². The lowest BCUT2D eigenvalue weighted by atomic mass is 9.75. The predicted octanol–water partition coefficient (Wildman–Crippen LogP) is 23.5. The fourth-order valence-electron chi connectivity index (χ4n) is 14.9. The van der Waals surface area contributed by atoms with Crippen molar-refractivity contribution in [1.82, 2.24) is 19.5 Å². The van der Waals surface area contributed by atoms with E-state index in [1.165, 1.54) is 60.8 Å². The maximum absolute atomic E-state index is 6.76. The smallest absolute Gasteiger partial charge is 0.164 e. The number of nitrogens with zero attached hydrogens (tertiary/aromatic N) is 4. The van der Waals surface area contributed by atoms with Gasteiger partial charge in [-0.1, -0.05) is 249 Å². The zero-order valence-electron chi connectivity index (χ0n) is 51.5. The van der Waals surface area contributed by atoms with Crippen LogP contribution in [0.1, 0.15) is 22.6 Å². The minimum atomic E-state index is 0.231. The Morgan fingerprint density at radius 2 is 0.726 bits per heavy atom. The highest BCUT2D eigenvalue weighted by atomic mass is 16.3. The Hall–Kier alpha value is -12.5. The fourth-order valence-corrected chi connectivity index (χ4v) is 14.9. The van der Waals surface area contributed by atoms with Gasteiger partial charge in [-0.05, 0) is 163 Å². The lowest BCUT2D eigenvalue weighted by Crippen LogP contribution is -2.12. The second-order valence-corrected chi connectivity index (χ2v) is 24.9. The zero-order chi connectivity index (χ0) is 62.5. The van der Waals surface area contributed by atoms with Crippen LogP contribution in [-0.2, 0) is 6.42 Å². The van der Waals surface area contributed by atoms with Crippen LogP contribution in [0, 0.1) is 0 Å². The Bertz CT molecular complexity index is 6060. The molecule has 0 saturated heterocycles. The molecule has 0 aliphatic heterocycles. The van der Waals surface area contributed by atoms with Crippen molar-refractivity contribution in [3.05, 3.63) is 338 Å². The van der Waals surface area contributed by atoms with Crippen molar-refractivity contribution in [1.29, 1.82) is 0 Å². The highest BCUT2D eigenvalue weighted by molar-refractivity contribution is 6.15. The Labute approximate surface area is 548 Å². The number of furan rings is 2. The molecular formula is C89H56N4O2. The van der Waals surface area contributed by atoms with Crippen LogP contribution in [0.3, 0.4) is 0 Å². The van der Waals surface area contributed by atoms with Crippen molar-refractivity contribution < 1.29 is 8.83 Å². The summed E-state index contributed by atoms with van der Waals surface area (Å²) in [7, 11) is 0. The number of hydrogen-bond donors (Lipinski definition) is 0. The molecule has 18 aromatic rings. The van der Waals surface area contributed by atoms with Gasteiger partial charge in [0.15, 0.2) is 17.5 Å². The van der Waals surface area contributed by atoms with Crippen molar-refractivity contribution in [3.63, 3.8) is 0 Å². The third-order valence-corrected chi connectivity index (χ3v) is 19.5. The molecule has 4 heterocycles. The first-order valence-corrected chi connectivity index (χ1v) is 32.5. The summed E-state index contributed by atoms with van der Waals surface area (Å²) >= 11 is 0. The van der Waals surface area contributed by atoms with Gasteiger partial charge in [-0.3, -0.25) is 0 Å². The monoisotopic (exact) mass is 1210 g/mol. The molecule has 0 N–H and O–H groups in total. The van der Waals surface area contributed by atoms with E-state index in [9.17, 15) is 0 Å². The van der Waals surface area contributed by atoms with Gasteiger partial charge in [0.05, 0.1) is 11.0 Å². The molecule has 1 aliphatic carbocycles. The van der Waals surface area contributed by atoms with Gasteiger partial charge < -0.3 is 13.4 Å². The Morgan fingerprint density at radius 3 is 1.39 bits per heavy atom. The van der Waals surface area contributed by atoms with Gasteiger partial charge in [-0.2, -0.15) is 0 Å². The number of aromatic nitrogens is 4. The molecule has 1 atom stereocenters. The summed E-state index contributed by atoms with van der Waals surface area (Å²) in [6, 6.07) is 115. The van der Waals surface area contributed by atoms with Crippen molar-refractivity contribution in [2.75, 3.05) is 0 Å². The van der Waals surface area contributed by atoms with E-state index in [4.69, 9.17) is 23.8 Å². The van der Waals surface area contributed by atoms with Crippen molar-refractivity contribution in [3.8, 4) is 107 Å². The van der Waals surface area contributed by atoms with E-state index in [-0.39, 0.29) is 5.92 Å². The van der Waals surface area contributed by atoms with Crippen LogP contribution in [0.15, 0.2) is 330 Å². The first-order valence-electron chi connectivity index (χ1n) is 32.5. The predicted molar refractivity (Wildman–Crippen MR) is 390 cm³/mol. The standard InChI is InChI=1S/C89H56N4O2/c1-4-18-55(19-5-1)58-36-38-59(39-37-58)87-90-88(72-31-16-34-83-85(72)77-52-64(43-46-81(77)94-83)62-40-41-67-54-75(70-29-11-10-28-69(70)74(67)50-62)66-26-14-24-60(48-66)56-20-6-2-7-21-56)92-89(91-87)73-32-17-35-84-86(73)78-53-65(44-47-82(78)95-84)63-42-45-80-76(51-63)71-30-12-13-33-79(71)93(80)68-27-15-25-61(49-68)57-22-8-3-9-23-57/h1-53,75H,54H2. The third-order valence-electron chi connectivity index (χ3n) is 19.5. The number of benzene rings is 14. The van der Waals surface area contributed by atoms with Crippen LogP contribution in [0.5, 0.6) is 0 Å². The molecule has 6 heteroatoms. The number of hydrogen-bond acceptors (Lipinski definition) is 5. The summed E-state index contributed by atoms with van der Waals surface area (Å²) in [6.45, 7) is 0. The Balaban J connectivity index is 0.727. The molecule has 1 aliphatic rings. The molecule has 0 amide bonds. The minimum Gasteiger partial charge on any atom is -0.456 e. The zero-order valence-corrected chi connectivity index (χ0v) is 51.5.